The summed E-state index contributed by atoms with van der Waals surface area (Å²) in [7, 11) is 0. The molecule has 0 aromatic heterocycles. The zero-order chi connectivity index (χ0) is 18.6. The highest BCUT2D eigenvalue weighted by Gasteiger charge is 2.33. The molecule has 0 aliphatic heterocycles. The van der Waals surface area contributed by atoms with Gasteiger partial charge in [0, 0.05) is 0 Å². The van der Waals surface area contributed by atoms with Gasteiger partial charge in [-0.2, -0.15) is 0 Å². The summed E-state index contributed by atoms with van der Waals surface area (Å²) in [6.07, 6.45) is 3.08. The molecule has 3 atom stereocenters. The minimum Gasteiger partial charge on any atom is -0.460 e. The highest BCUT2D eigenvalue weighted by atomic mass is 16.6. The van der Waals surface area contributed by atoms with Gasteiger partial charge in [0.05, 0.1) is 5.56 Å². The van der Waals surface area contributed by atoms with E-state index in [1.807, 2.05) is 26.0 Å². The minimum atomic E-state index is -0.480. The summed E-state index contributed by atoms with van der Waals surface area (Å²) in [5.74, 6) is 0.485. The van der Waals surface area contributed by atoms with E-state index in [0.29, 0.717) is 23.3 Å². The van der Waals surface area contributed by atoms with Gasteiger partial charge >= 0.3 is 11.9 Å². The molecule has 0 radical (unpaired) electrons. The summed E-state index contributed by atoms with van der Waals surface area (Å²) in [6.45, 7) is 10.0. The lowest BCUT2D eigenvalue weighted by atomic mass is 9.75. The monoisotopic (exact) mass is 346 g/mol. The highest BCUT2D eigenvalue weighted by molar-refractivity contribution is 5.92. The van der Waals surface area contributed by atoms with E-state index in [9.17, 15) is 9.59 Å². The zero-order valence-electron chi connectivity index (χ0n) is 16.0. The van der Waals surface area contributed by atoms with Crippen LogP contribution in [0, 0.1) is 31.6 Å². The minimum absolute atomic E-state index is 0.0731. The van der Waals surface area contributed by atoms with Crippen LogP contribution in [0.25, 0.3) is 0 Å². The Morgan fingerprint density at radius 1 is 1.20 bits per heavy atom. The van der Waals surface area contributed by atoms with Crippen molar-refractivity contribution >= 4 is 11.9 Å². The Bertz CT molecular complexity index is 620. The standard InChI is InChI=1S/C21H30O4/c1-13(2)17-8-6-15(4)11-19(17)25-20(22)12-24-21(23)18-9-7-14(3)10-16(18)5/h7,9-10,13,15,17,19H,6,8,11-12H2,1-5H3/t15-,17-,19+/m1/s1. The molecule has 4 nitrogen and oxygen atoms in total. The largest absolute Gasteiger partial charge is 0.460 e. The first-order chi connectivity index (χ1) is 11.8. The summed E-state index contributed by atoms with van der Waals surface area (Å²) in [4.78, 5) is 24.3. The van der Waals surface area contributed by atoms with Crippen LogP contribution in [-0.4, -0.2) is 24.6 Å². The number of aryl methyl sites for hydroxylation is 2. The van der Waals surface area contributed by atoms with Gasteiger partial charge in [-0.25, -0.2) is 9.59 Å². The molecular formula is C21H30O4. The van der Waals surface area contributed by atoms with Gasteiger partial charge in [0.1, 0.15) is 6.10 Å². The van der Waals surface area contributed by atoms with E-state index in [1.54, 1.807) is 6.07 Å². The van der Waals surface area contributed by atoms with Crippen molar-refractivity contribution < 1.29 is 19.1 Å². The molecule has 0 heterocycles. The van der Waals surface area contributed by atoms with Gasteiger partial charge in [0.15, 0.2) is 6.61 Å². The number of esters is 2. The van der Waals surface area contributed by atoms with Crippen LogP contribution in [0.1, 0.15) is 61.5 Å². The summed E-state index contributed by atoms with van der Waals surface area (Å²) in [6, 6.07) is 5.51. The lowest BCUT2D eigenvalue weighted by Gasteiger charge is -2.36. The van der Waals surface area contributed by atoms with Crippen LogP contribution in [-0.2, 0) is 14.3 Å². The number of ether oxygens (including phenoxy) is 2. The van der Waals surface area contributed by atoms with E-state index in [0.717, 1.165) is 24.0 Å². The second kappa shape index (κ2) is 8.50. The number of carbonyl (C=O) groups excluding carboxylic acids is 2. The van der Waals surface area contributed by atoms with Gasteiger partial charge < -0.3 is 9.47 Å². The maximum Gasteiger partial charge on any atom is 0.344 e. The predicted molar refractivity (Wildman–Crippen MR) is 97.4 cm³/mol. The van der Waals surface area contributed by atoms with E-state index in [4.69, 9.17) is 9.47 Å². The van der Waals surface area contributed by atoms with Crippen LogP contribution in [0.4, 0.5) is 0 Å². The third-order valence-corrected chi connectivity index (χ3v) is 5.17. The molecule has 0 unspecified atom stereocenters. The van der Waals surface area contributed by atoms with Crippen LogP contribution in [0.3, 0.4) is 0 Å². The molecule has 0 spiro atoms. The molecule has 1 aliphatic rings. The van der Waals surface area contributed by atoms with Crippen molar-refractivity contribution in [2.24, 2.45) is 17.8 Å². The predicted octanol–water partition coefficient (Wildman–Crippen LogP) is 4.46. The smallest absolute Gasteiger partial charge is 0.344 e. The maximum absolute atomic E-state index is 12.2. The van der Waals surface area contributed by atoms with Crippen LogP contribution in [0.15, 0.2) is 18.2 Å². The fraction of sp³-hybridized carbons (Fsp3) is 0.619. The molecule has 1 fully saturated rings. The van der Waals surface area contributed by atoms with Gasteiger partial charge in [-0.15, -0.1) is 0 Å². The first-order valence-corrected chi connectivity index (χ1v) is 9.21. The molecule has 0 N–H and O–H groups in total. The van der Waals surface area contributed by atoms with Crippen molar-refractivity contribution in [3.8, 4) is 0 Å². The van der Waals surface area contributed by atoms with Crippen molar-refractivity contribution in [1.29, 1.82) is 0 Å². The Labute approximate surface area is 150 Å². The second-order valence-electron chi connectivity index (χ2n) is 7.75. The topological polar surface area (TPSA) is 52.6 Å². The van der Waals surface area contributed by atoms with Gasteiger partial charge in [-0.05, 0) is 56.1 Å². The van der Waals surface area contributed by atoms with Crippen molar-refractivity contribution in [3.63, 3.8) is 0 Å². The Balaban J connectivity index is 1.90. The average Bonchev–Trinajstić information content (AvgIpc) is 2.52. The molecule has 1 aromatic rings. The van der Waals surface area contributed by atoms with E-state index in [2.05, 4.69) is 20.8 Å². The zero-order valence-corrected chi connectivity index (χ0v) is 16.0. The quantitative estimate of drug-likeness (QED) is 0.739. The second-order valence-corrected chi connectivity index (χ2v) is 7.75. The average molecular weight is 346 g/mol. The van der Waals surface area contributed by atoms with Crippen molar-refractivity contribution in [1.82, 2.24) is 0 Å². The van der Waals surface area contributed by atoms with Gasteiger partial charge in [0.2, 0.25) is 0 Å². The number of hydrogen-bond acceptors (Lipinski definition) is 4. The number of hydrogen-bond donors (Lipinski definition) is 0. The fourth-order valence-electron chi connectivity index (χ4n) is 3.70. The Kier molecular flexibility index (Phi) is 6.63. The van der Waals surface area contributed by atoms with Gasteiger partial charge in [0.25, 0.3) is 0 Å². The van der Waals surface area contributed by atoms with E-state index >= 15 is 0 Å². The molecule has 0 amide bonds. The molecule has 4 heteroatoms. The van der Waals surface area contributed by atoms with E-state index in [-0.39, 0.29) is 12.7 Å². The number of benzene rings is 1. The molecule has 1 aliphatic carbocycles. The van der Waals surface area contributed by atoms with Gasteiger partial charge in [-0.1, -0.05) is 44.9 Å². The Morgan fingerprint density at radius 3 is 2.56 bits per heavy atom. The third-order valence-electron chi connectivity index (χ3n) is 5.17. The third kappa shape index (κ3) is 5.32. The van der Waals surface area contributed by atoms with Crippen LogP contribution < -0.4 is 0 Å². The number of carbonyl (C=O) groups is 2. The lowest BCUT2D eigenvalue weighted by molar-refractivity contribution is -0.159. The van der Waals surface area contributed by atoms with Crippen molar-refractivity contribution in [2.75, 3.05) is 6.61 Å². The summed E-state index contributed by atoms with van der Waals surface area (Å²) in [5, 5.41) is 0. The van der Waals surface area contributed by atoms with Crippen molar-refractivity contribution in [3.05, 3.63) is 34.9 Å². The highest BCUT2D eigenvalue weighted by Crippen LogP contribution is 2.35. The first kappa shape index (κ1) is 19.5. The number of rotatable bonds is 5. The fourth-order valence-corrected chi connectivity index (χ4v) is 3.70. The molecule has 0 bridgehead atoms. The maximum atomic E-state index is 12.2. The molecule has 1 saturated carbocycles. The SMILES string of the molecule is Cc1ccc(C(=O)OCC(=O)O[C@H]2C[C@H](C)CC[C@@H]2C(C)C)c(C)c1. The van der Waals surface area contributed by atoms with Crippen molar-refractivity contribution in [2.45, 2.75) is 60.0 Å². The summed E-state index contributed by atoms with van der Waals surface area (Å²) < 4.78 is 10.8. The normalized spacial score (nSPS) is 23.4. The molecular weight excluding hydrogens is 316 g/mol. The van der Waals surface area contributed by atoms with E-state index < -0.39 is 11.9 Å². The van der Waals surface area contributed by atoms with E-state index in [1.165, 1.54) is 6.42 Å². The molecule has 138 valence electrons. The summed E-state index contributed by atoms with van der Waals surface area (Å²) >= 11 is 0. The molecule has 1 aromatic carbocycles. The van der Waals surface area contributed by atoms with Crippen LogP contribution in [0.5, 0.6) is 0 Å². The van der Waals surface area contributed by atoms with Crippen LogP contribution >= 0.6 is 0 Å². The molecule has 2 rings (SSSR count). The first-order valence-electron chi connectivity index (χ1n) is 9.21. The molecule has 0 saturated heterocycles. The Morgan fingerprint density at radius 2 is 1.92 bits per heavy atom. The Hall–Kier alpha value is -1.84. The lowest BCUT2D eigenvalue weighted by Crippen LogP contribution is -2.36. The van der Waals surface area contributed by atoms with Gasteiger partial charge in [-0.3, -0.25) is 0 Å². The molecule has 25 heavy (non-hydrogen) atoms. The van der Waals surface area contributed by atoms with Crippen LogP contribution in [0.2, 0.25) is 0 Å². The summed E-state index contributed by atoms with van der Waals surface area (Å²) in [5.41, 5.74) is 2.42.